The highest BCUT2D eigenvalue weighted by Crippen LogP contribution is 2.16. The number of nitrogens with zero attached hydrogens (tertiary/aromatic N) is 3. The summed E-state index contributed by atoms with van der Waals surface area (Å²) in [6, 6.07) is 15.2. The fourth-order valence-electron chi connectivity index (χ4n) is 3.71. The SMILES string of the molecule is CN(C(=O)CCNC(=O)Nc1ccccc1)C1CCN(CCc2ccccn2)CC1. The number of piperidine rings is 1. The van der Waals surface area contributed by atoms with E-state index in [0.29, 0.717) is 13.0 Å². The van der Waals surface area contributed by atoms with Crippen LogP contribution in [0.25, 0.3) is 0 Å². The van der Waals surface area contributed by atoms with Crippen LogP contribution in [0, 0.1) is 0 Å². The van der Waals surface area contributed by atoms with Crippen LogP contribution in [0.5, 0.6) is 0 Å². The molecule has 2 N–H and O–H groups in total. The summed E-state index contributed by atoms with van der Waals surface area (Å²) >= 11 is 0. The number of hydrogen-bond acceptors (Lipinski definition) is 4. The van der Waals surface area contributed by atoms with Crippen LogP contribution >= 0.6 is 0 Å². The first-order valence-electron chi connectivity index (χ1n) is 10.6. The predicted molar refractivity (Wildman–Crippen MR) is 118 cm³/mol. The summed E-state index contributed by atoms with van der Waals surface area (Å²) in [4.78, 5) is 33.1. The summed E-state index contributed by atoms with van der Waals surface area (Å²) in [5.41, 5.74) is 1.85. The summed E-state index contributed by atoms with van der Waals surface area (Å²) in [6.07, 6.45) is 5.05. The Kier molecular flexibility index (Phi) is 8.20. The van der Waals surface area contributed by atoms with E-state index in [1.807, 2.05) is 60.6 Å². The van der Waals surface area contributed by atoms with Crippen LogP contribution in [0.1, 0.15) is 25.0 Å². The first-order valence-corrected chi connectivity index (χ1v) is 10.6. The zero-order valence-corrected chi connectivity index (χ0v) is 17.6. The molecule has 1 aromatic carbocycles. The van der Waals surface area contributed by atoms with E-state index in [9.17, 15) is 9.59 Å². The van der Waals surface area contributed by atoms with E-state index < -0.39 is 0 Å². The Balaban J connectivity index is 1.31. The molecule has 7 heteroatoms. The molecule has 30 heavy (non-hydrogen) atoms. The van der Waals surface area contributed by atoms with Crippen molar-refractivity contribution < 1.29 is 9.59 Å². The van der Waals surface area contributed by atoms with Crippen LogP contribution in [0.15, 0.2) is 54.7 Å². The molecular weight excluding hydrogens is 378 g/mol. The molecule has 0 aliphatic carbocycles. The first kappa shape index (κ1) is 21.8. The van der Waals surface area contributed by atoms with Gasteiger partial charge >= 0.3 is 6.03 Å². The van der Waals surface area contributed by atoms with E-state index >= 15 is 0 Å². The Morgan fingerprint density at radius 1 is 1.10 bits per heavy atom. The molecule has 3 rings (SSSR count). The zero-order valence-electron chi connectivity index (χ0n) is 17.6. The number of urea groups is 1. The van der Waals surface area contributed by atoms with Crippen molar-refractivity contribution in [1.82, 2.24) is 20.1 Å². The molecule has 2 heterocycles. The van der Waals surface area contributed by atoms with Crippen molar-refractivity contribution >= 4 is 17.6 Å². The lowest BCUT2D eigenvalue weighted by Crippen LogP contribution is -2.46. The average molecular weight is 410 g/mol. The van der Waals surface area contributed by atoms with Crippen LogP contribution in [-0.2, 0) is 11.2 Å². The minimum absolute atomic E-state index is 0.0712. The van der Waals surface area contributed by atoms with Gasteiger partial charge in [0.1, 0.15) is 0 Å². The Bertz CT molecular complexity index is 792. The molecule has 0 bridgehead atoms. The highest BCUT2D eigenvalue weighted by molar-refractivity contribution is 5.89. The van der Waals surface area contributed by atoms with Gasteiger partial charge in [0.2, 0.25) is 5.91 Å². The molecule has 0 spiro atoms. The molecule has 1 aliphatic heterocycles. The van der Waals surface area contributed by atoms with E-state index in [0.717, 1.165) is 50.3 Å². The number of hydrogen-bond donors (Lipinski definition) is 2. The first-order chi connectivity index (χ1) is 14.6. The average Bonchev–Trinajstić information content (AvgIpc) is 2.79. The highest BCUT2D eigenvalue weighted by atomic mass is 16.2. The van der Waals surface area contributed by atoms with Crippen molar-refractivity contribution in [3.63, 3.8) is 0 Å². The van der Waals surface area contributed by atoms with Gasteiger partial charge in [-0.25, -0.2) is 4.79 Å². The predicted octanol–water partition coefficient (Wildman–Crippen LogP) is 2.76. The van der Waals surface area contributed by atoms with Crippen LogP contribution in [0.3, 0.4) is 0 Å². The topological polar surface area (TPSA) is 77.6 Å². The molecule has 160 valence electrons. The number of benzene rings is 1. The second-order valence-electron chi connectivity index (χ2n) is 7.65. The van der Waals surface area contributed by atoms with Gasteiger partial charge in [-0.1, -0.05) is 24.3 Å². The molecule has 7 nitrogen and oxygen atoms in total. The number of para-hydroxylation sites is 1. The number of nitrogens with one attached hydrogen (secondary N) is 2. The Labute approximate surface area is 178 Å². The smallest absolute Gasteiger partial charge is 0.319 e. The number of likely N-dealkylation sites (tertiary alicyclic amines) is 1. The summed E-state index contributed by atoms with van der Waals surface area (Å²) in [6.45, 7) is 3.31. The van der Waals surface area contributed by atoms with Gasteiger partial charge in [0.25, 0.3) is 0 Å². The van der Waals surface area contributed by atoms with Crippen molar-refractivity contribution in [1.29, 1.82) is 0 Å². The molecule has 0 radical (unpaired) electrons. The highest BCUT2D eigenvalue weighted by Gasteiger charge is 2.25. The van der Waals surface area contributed by atoms with Gasteiger partial charge in [-0.15, -0.1) is 0 Å². The minimum atomic E-state index is -0.294. The standard InChI is InChI=1S/C23H31N5O2/c1-27(22(29)10-15-25-23(30)26-20-8-3-2-4-9-20)21-12-17-28(18-13-21)16-11-19-7-5-6-14-24-19/h2-9,14,21H,10-13,15-18H2,1H3,(H2,25,26,30). The lowest BCUT2D eigenvalue weighted by molar-refractivity contribution is -0.132. The molecule has 0 unspecified atom stereocenters. The quantitative estimate of drug-likeness (QED) is 0.703. The van der Waals surface area contributed by atoms with Crippen molar-refractivity contribution in [3.8, 4) is 0 Å². The maximum atomic E-state index is 12.5. The van der Waals surface area contributed by atoms with Crippen molar-refractivity contribution in [2.24, 2.45) is 0 Å². The third kappa shape index (κ3) is 6.84. The lowest BCUT2D eigenvalue weighted by atomic mass is 10.0. The number of rotatable bonds is 8. The summed E-state index contributed by atoms with van der Waals surface area (Å²) < 4.78 is 0. The van der Waals surface area contributed by atoms with Crippen molar-refractivity contribution in [3.05, 3.63) is 60.4 Å². The third-order valence-electron chi connectivity index (χ3n) is 5.56. The van der Waals surface area contributed by atoms with E-state index in [-0.39, 0.29) is 18.0 Å². The van der Waals surface area contributed by atoms with E-state index in [2.05, 4.69) is 26.6 Å². The summed E-state index contributed by atoms with van der Waals surface area (Å²) in [5.74, 6) is 0.0712. The molecule has 3 amide bonds. The van der Waals surface area contributed by atoms with Crippen LogP contribution in [0.4, 0.5) is 10.5 Å². The molecule has 1 aliphatic rings. The third-order valence-corrected chi connectivity index (χ3v) is 5.56. The van der Waals surface area contributed by atoms with Crippen molar-refractivity contribution in [2.45, 2.75) is 31.7 Å². The number of carbonyl (C=O) groups is 2. The Hall–Kier alpha value is -2.93. The molecule has 1 aromatic heterocycles. The fourth-order valence-corrected chi connectivity index (χ4v) is 3.71. The largest absolute Gasteiger partial charge is 0.343 e. The van der Waals surface area contributed by atoms with Gasteiger partial charge in [0, 0.05) is 69.7 Å². The minimum Gasteiger partial charge on any atom is -0.343 e. The number of carbonyl (C=O) groups excluding carboxylic acids is 2. The molecular formula is C23H31N5O2. The molecule has 1 fully saturated rings. The zero-order chi connectivity index (χ0) is 21.2. The van der Waals surface area contributed by atoms with Gasteiger partial charge < -0.3 is 20.4 Å². The number of anilines is 1. The van der Waals surface area contributed by atoms with Gasteiger partial charge in [0.05, 0.1) is 0 Å². The molecule has 0 saturated carbocycles. The molecule has 0 atom stereocenters. The summed E-state index contributed by atoms with van der Waals surface area (Å²) in [7, 11) is 1.88. The second kappa shape index (κ2) is 11.3. The maximum Gasteiger partial charge on any atom is 0.319 e. The fraction of sp³-hybridized carbons (Fsp3) is 0.435. The van der Waals surface area contributed by atoms with E-state index in [4.69, 9.17) is 0 Å². The summed E-state index contributed by atoms with van der Waals surface area (Å²) in [5, 5.41) is 5.50. The number of aromatic nitrogens is 1. The number of amides is 3. The van der Waals surface area contributed by atoms with Gasteiger partial charge in [-0.3, -0.25) is 9.78 Å². The van der Waals surface area contributed by atoms with Crippen LogP contribution < -0.4 is 10.6 Å². The monoisotopic (exact) mass is 409 g/mol. The van der Waals surface area contributed by atoms with Crippen LogP contribution in [0.2, 0.25) is 0 Å². The normalized spacial score (nSPS) is 14.8. The molecule has 1 saturated heterocycles. The molecule has 2 aromatic rings. The Morgan fingerprint density at radius 3 is 2.53 bits per heavy atom. The maximum absolute atomic E-state index is 12.5. The van der Waals surface area contributed by atoms with Crippen LogP contribution in [-0.4, -0.2) is 66.0 Å². The van der Waals surface area contributed by atoms with E-state index in [1.54, 1.807) is 0 Å². The lowest BCUT2D eigenvalue weighted by Gasteiger charge is -2.36. The van der Waals surface area contributed by atoms with Crippen molar-refractivity contribution in [2.75, 3.05) is 38.5 Å². The van der Waals surface area contributed by atoms with E-state index in [1.165, 1.54) is 0 Å². The number of pyridine rings is 1. The van der Waals surface area contributed by atoms with Gasteiger partial charge in [-0.2, -0.15) is 0 Å². The van der Waals surface area contributed by atoms with Gasteiger partial charge in [0.15, 0.2) is 0 Å². The van der Waals surface area contributed by atoms with Gasteiger partial charge in [-0.05, 0) is 37.1 Å². The second-order valence-corrected chi connectivity index (χ2v) is 7.65. The Morgan fingerprint density at radius 2 is 1.83 bits per heavy atom.